The van der Waals surface area contributed by atoms with Gasteiger partial charge in [-0.2, -0.15) is 8.75 Å². The molecule has 72 valence electrons. The molecule has 2 aromatic rings. The van der Waals surface area contributed by atoms with Crippen LogP contribution in [0.1, 0.15) is 22.9 Å². The molecule has 0 bridgehead atoms. The third-order valence-electron chi connectivity index (χ3n) is 2.13. The molecular weight excluding hydrogens is 194 g/mol. The minimum absolute atomic E-state index is 0.158. The lowest BCUT2D eigenvalue weighted by Gasteiger charge is -2.08. The maximum atomic E-state index is 6.01. The summed E-state index contributed by atoms with van der Waals surface area (Å²) in [7, 11) is 0. The van der Waals surface area contributed by atoms with Gasteiger partial charge >= 0.3 is 0 Å². The summed E-state index contributed by atoms with van der Waals surface area (Å²) >= 11 is 1.19. The Bertz CT molecular complexity index is 394. The molecule has 0 aliphatic carbocycles. The number of aromatic nitrogens is 2. The topological polar surface area (TPSA) is 51.8 Å². The molecule has 0 saturated heterocycles. The van der Waals surface area contributed by atoms with E-state index in [2.05, 4.69) is 27.8 Å². The Morgan fingerprint density at radius 2 is 2.00 bits per heavy atom. The zero-order valence-corrected chi connectivity index (χ0v) is 8.66. The van der Waals surface area contributed by atoms with Crippen molar-refractivity contribution >= 4 is 11.7 Å². The minimum atomic E-state index is -0.158. The van der Waals surface area contributed by atoms with Crippen LogP contribution in [-0.2, 0) is 0 Å². The number of nitrogens with zero attached hydrogens (tertiary/aromatic N) is 2. The van der Waals surface area contributed by atoms with Gasteiger partial charge in [0.2, 0.25) is 0 Å². The van der Waals surface area contributed by atoms with Gasteiger partial charge in [0.05, 0.1) is 29.7 Å². The smallest absolute Gasteiger partial charge is 0.0955 e. The average molecular weight is 205 g/mol. The summed E-state index contributed by atoms with van der Waals surface area (Å²) in [5.74, 6) is 0. The molecule has 0 amide bonds. The first-order chi connectivity index (χ1) is 6.77. The zero-order valence-electron chi connectivity index (χ0n) is 7.84. The first-order valence-corrected chi connectivity index (χ1v) is 5.10. The third-order valence-corrected chi connectivity index (χ3v) is 2.63. The highest BCUT2D eigenvalue weighted by molar-refractivity contribution is 6.99. The molecule has 2 rings (SSSR count). The minimum Gasteiger partial charge on any atom is -0.319 e. The number of aryl methyl sites for hydroxylation is 1. The van der Waals surface area contributed by atoms with Crippen molar-refractivity contribution in [3.63, 3.8) is 0 Å². The number of rotatable bonds is 2. The fourth-order valence-electron chi connectivity index (χ4n) is 1.25. The molecule has 2 N–H and O–H groups in total. The monoisotopic (exact) mass is 205 g/mol. The van der Waals surface area contributed by atoms with E-state index in [4.69, 9.17) is 5.73 Å². The van der Waals surface area contributed by atoms with Crippen LogP contribution in [0.15, 0.2) is 30.5 Å². The van der Waals surface area contributed by atoms with Crippen molar-refractivity contribution in [2.24, 2.45) is 5.73 Å². The summed E-state index contributed by atoms with van der Waals surface area (Å²) < 4.78 is 8.06. The van der Waals surface area contributed by atoms with Gasteiger partial charge in [-0.3, -0.25) is 0 Å². The van der Waals surface area contributed by atoms with Gasteiger partial charge in [-0.25, -0.2) is 0 Å². The summed E-state index contributed by atoms with van der Waals surface area (Å²) in [6.07, 6.45) is 1.72. The Labute approximate surface area is 86.9 Å². The molecule has 1 aromatic heterocycles. The van der Waals surface area contributed by atoms with Gasteiger partial charge < -0.3 is 5.73 Å². The Hall–Kier alpha value is -1.26. The number of hydrogen-bond donors (Lipinski definition) is 1. The molecule has 0 fully saturated rings. The Morgan fingerprint density at radius 3 is 2.57 bits per heavy atom. The van der Waals surface area contributed by atoms with Crippen molar-refractivity contribution in [3.8, 4) is 0 Å². The Kier molecular flexibility index (Phi) is 2.56. The van der Waals surface area contributed by atoms with Gasteiger partial charge in [-0.05, 0) is 12.5 Å². The van der Waals surface area contributed by atoms with Crippen LogP contribution in [0.2, 0.25) is 0 Å². The molecule has 14 heavy (non-hydrogen) atoms. The highest BCUT2D eigenvalue weighted by atomic mass is 32.1. The van der Waals surface area contributed by atoms with Crippen molar-refractivity contribution in [1.82, 2.24) is 8.75 Å². The largest absolute Gasteiger partial charge is 0.319 e. The predicted molar refractivity (Wildman–Crippen MR) is 57.1 cm³/mol. The molecule has 4 heteroatoms. The van der Waals surface area contributed by atoms with E-state index in [0.29, 0.717) is 0 Å². The highest BCUT2D eigenvalue weighted by Crippen LogP contribution is 2.17. The van der Waals surface area contributed by atoms with Crippen molar-refractivity contribution in [3.05, 3.63) is 47.3 Å². The summed E-state index contributed by atoms with van der Waals surface area (Å²) in [6.45, 7) is 2.06. The van der Waals surface area contributed by atoms with Gasteiger partial charge in [-0.1, -0.05) is 29.8 Å². The van der Waals surface area contributed by atoms with Crippen LogP contribution < -0.4 is 5.73 Å². The number of nitrogens with two attached hydrogens (primary N) is 1. The van der Waals surface area contributed by atoms with E-state index in [1.807, 2.05) is 12.1 Å². The fraction of sp³-hybridized carbons (Fsp3) is 0.200. The van der Waals surface area contributed by atoms with E-state index in [-0.39, 0.29) is 6.04 Å². The van der Waals surface area contributed by atoms with Crippen LogP contribution in [0.25, 0.3) is 0 Å². The average Bonchev–Trinajstić information content (AvgIpc) is 2.71. The van der Waals surface area contributed by atoms with Crippen LogP contribution in [-0.4, -0.2) is 8.75 Å². The maximum absolute atomic E-state index is 6.01. The molecule has 1 unspecified atom stereocenters. The van der Waals surface area contributed by atoms with Crippen molar-refractivity contribution < 1.29 is 0 Å². The summed E-state index contributed by atoms with van der Waals surface area (Å²) in [4.78, 5) is 0. The SMILES string of the molecule is Cc1ccc(C(N)c2cnsn2)cc1. The van der Waals surface area contributed by atoms with Crippen LogP contribution in [0, 0.1) is 6.92 Å². The van der Waals surface area contributed by atoms with E-state index >= 15 is 0 Å². The van der Waals surface area contributed by atoms with Gasteiger partial charge in [0.25, 0.3) is 0 Å². The van der Waals surface area contributed by atoms with Crippen molar-refractivity contribution in [2.75, 3.05) is 0 Å². The van der Waals surface area contributed by atoms with Gasteiger partial charge in [0, 0.05) is 0 Å². The second kappa shape index (κ2) is 3.86. The van der Waals surface area contributed by atoms with Crippen molar-refractivity contribution in [1.29, 1.82) is 0 Å². The van der Waals surface area contributed by atoms with Crippen molar-refractivity contribution in [2.45, 2.75) is 13.0 Å². The molecular formula is C10H11N3S. The predicted octanol–water partition coefficient (Wildman–Crippen LogP) is 1.89. The fourth-order valence-corrected chi connectivity index (χ4v) is 1.71. The third kappa shape index (κ3) is 1.81. The molecule has 0 aliphatic heterocycles. The van der Waals surface area contributed by atoms with Crippen LogP contribution in [0.3, 0.4) is 0 Å². The Morgan fingerprint density at radius 1 is 1.29 bits per heavy atom. The second-order valence-electron chi connectivity index (χ2n) is 3.22. The van der Waals surface area contributed by atoms with Crippen LogP contribution in [0.5, 0.6) is 0 Å². The summed E-state index contributed by atoms with van der Waals surface area (Å²) in [5.41, 5.74) is 9.15. The first-order valence-electron chi connectivity index (χ1n) is 4.37. The van der Waals surface area contributed by atoms with Crippen LogP contribution in [0.4, 0.5) is 0 Å². The number of hydrogen-bond acceptors (Lipinski definition) is 4. The summed E-state index contributed by atoms with van der Waals surface area (Å²) in [5, 5.41) is 0. The lowest BCUT2D eigenvalue weighted by atomic mass is 10.0. The molecule has 0 aliphatic rings. The van der Waals surface area contributed by atoms with E-state index in [9.17, 15) is 0 Å². The molecule has 0 spiro atoms. The van der Waals surface area contributed by atoms with Gasteiger partial charge in [0.15, 0.2) is 0 Å². The van der Waals surface area contributed by atoms with Gasteiger partial charge in [0.1, 0.15) is 0 Å². The normalized spacial score (nSPS) is 12.7. The van der Waals surface area contributed by atoms with E-state index < -0.39 is 0 Å². The molecule has 1 heterocycles. The quantitative estimate of drug-likeness (QED) is 0.814. The molecule has 0 radical (unpaired) electrons. The first kappa shape index (κ1) is 9.30. The Balaban J connectivity index is 2.28. The second-order valence-corrected chi connectivity index (χ2v) is 3.78. The van der Waals surface area contributed by atoms with Crippen LogP contribution >= 0.6 is 11.7 Å². The maximum Gasteiger partial charge on any atom is 0.0955 e. The summed E-state index contributed by atoms with van der Waals surface area (Å²) in [6, 6.07) is 8.00. The lowest BCUT2D eigenvalue weighted by molar-refractivity contribution is 0.843. The zero-order chi connectivity index (χ0) is 9.97. The van der Waals surface area contributed by atoms with Gasteiger partial charge in [-0.15, -0.1) is 0 Å². The standard InChI is InChI=1S/C10H11N3S/c1-7-2-4-8(5-3-7)10(11)9-6-12-14-13-9/h2-6,10H,11H2,1H3. The van der Waals surface area contributed by atoms with E-state index in [1.54, 1.807) is 6.20 Å². The molecule has 1 atom stereocenters. The highest BCUT2D eigenvalue weighted by Gasteiger charge is 2.10. The molecule has 0 saturated carbocycles. The number of benzene rings is 1. The molecule has 1 aromatic carbocycles. The lowest BCUT2D eigenvalue weighted by Crippen LogP contribution is -2.11. The molecule has 3 nitrogen and oxygen atoms in total. The van der Waals surface area contributed by atoms with E-state index in [1.165, 1.54) is 17.3 Å². The van der Waals surface area contributed by atoms with E-state index in [0.717, 1.165) is 11.3 Å².